The lowest BCUT2D eigenvalue weighted by atomic mass is 10.2. The Kier molecular flexibility index (Phi) is 3.74. The van der Waals surface area contributed by atoms with Crippen molar-refractivity contribution in [3.8, 4) is 0 Å². The third-order valence-corrected chi connectivity index (χ3v) is 4.12. The van der Waals surface area contributed by atoms with Gasteiger partial charge in [-0.15, -0.1) is 0 Å². The second kappa shape index (κ2) is 6.20. The van der Waals surface area contributed by atoms with E-state index in [4.69, 9.17) is 0 Å². The topological polar surface area (TPSA) is 85.6 Å². The summed E-state index contributed by atoms with van der Waals surface area (Å²) in [5.74, 6) is 0. The first-order chi connectivity index (χ1) is 12.2. The second-order valence-electron chi connectivity index (χ2n) is 5.71. The monoisotopic (exact) mass is 333 g/mol. The summed E-state index contributed by atoms with van der Waals surface area (Å²) in [5.41, 5.74) is 2.13. The van der Waals surface area contributed by atoms with Crippen LogP contribution in [0.3, 0.4) is 0 Å². The molecule has 25 heavy (non-hydrogen) atoms. The Hall–Kier alpha value is -3.48. The molecule has 0 atom stereocenters. The SMILES string of the molecule is O=c1c2[nH]ccc2n(Cc2ccncc2)c(=O)n1Cc1ccncc1. The number of nitrogens with zero attached hydrogens (tertiary/aromatic N) is 4. The van der Waals surface area contributed by atoms with Crippen LogP contribution in [0.5, 0.6) is 0 Å². The molecule has 124 valence electrons. The number of aromatic amines is 1. The van der Waals surface area contributed by atoms with Gasteiger partial charge in [-0.2, -0.15) is 0 Å². The maximum atomic E-state index is 13.0. The van der Waals surface area contributed by atoms with Gasteiger partial charge in [0.1, 0.15) is 5.52 Å². The molecular formula is C18H15N5O2. The molecule has 0 bridgehead atoms. The van der Waals surface area contributed by atoms with Crippen LogP contribution in [0.25, 0.3) is 11.0 Å². The number of rotatable bonds is 4. The first kappa shape index (κ1) is 15.1. The predicted molar refractivity (Wildman–Crippen MR) is 93.5 cm³/mol. The van der Waals surface area contributed by atoms with Crippen LogP contribution in [0.1, 0.15) is 11.1 Å². The average Bonchev–Trinajstić information content (AvgIpc) is 3.14. The van der Waals surface area contributed by atoms with Gasteiger partial charge in [0.2, 0.25) is 0 Å². The molecule has 7 nitrogen and oxygen atoms in total. The molecule has 0 saturated heterocycles. The van der Waals surface area contributed by atoms with Crippen LogP contribution in [0, 0.1) is 0 Å². The molecule has 4 aromatic heterocycles. The number of pyridine rings is 2. The fraction of sp³-hybridized carbons (Fsp3) is 0.111. The molecule has 1 N–H and O–H groups in total. The number of fused-ring (bicyclic) bond motifs is 1. The largest absolute Gasteiger partial charge is 0.355 e. The van der Waals surface area contributed by atoms with Crippen molar-refractivity contribution in [1.29, 1.82) is 0 Å². The fourth-order valence-electron chi connectivity index (χ4n) is 2.86. The zero-order chi connectivity index (χ0) is 17.2. The fourth-order valence-corrected chi connectivity index (χ4v) is 2.86. The van der Waals surface area contributed by atoms with Gasteiger partial charge in [0.15, 0.2) is 0 Å². The molecule has 0 aliphatic heterocycles. The van der Waals surface area contributed by atoms with Crippen molar-refractivity contribution in [2.45, 2.75) is 13.1 Å². The van der Waals surface area contributed by atoms with Crippen molar-refractivity contribution in [2.24, 2.45) is 0 Å². The van der Waals surface area contributed by atoms with E-state index < -0.39 is 0 Å². The van der Waals surface area contributed by atoms with Crippen molar-refractivity contribution >= 4 is 11.0 Å². The minimum absolute atomic E-state index is 0.200. The van der Waals surface area contributed by atoms with Crippen LogP contribution in [0.4, 0.5) is 0 Å². The molecule has 0 spiro atoms. The van der Waals surface area contributed by atoms with Crippen molar-refractivity contribution in [3.05, 3.63) is 93.3 Å². The highest BCUT2D eigenvalue weighted by Gasteiger charge is 2.14. The number of aromatic nitrogens is 5. The maximum Gasteiger partial charge on any atom is 0.332 e. The number of nitrogens with one attached hydrogen (secondary N) is 1. The Morgan fingerprint density at radius 3 is 1.96 bits per heavy atom. The standard InChI is InChI=1S/C18H15N5O2/c24-17-16-15(5-10-21-16)22(11-13-1-6-19-7-2-13)18(25)23(17)12-14-3-8-20-9-4-14/h1-10,21H,11-12H2. The van der Waals surface area contributed by atoms with Gasteiger partial charge in [0.05, 0.1) is 18.6 Å². The predicted octanol–water partition coefficient (Wildman–Crippen LogP) is 1.38. The summed E-state index contributed by atoms with van der Waals surface area (Å²) >= 11 is 0. The quantitative estimate of drug-likeness (QED) is 0.611. The molecule has 0 saturated carbocycles. The highest BCUT2D eigenvalue weighted by Crippen LogP contribution is 2.09. The molecule has 0 aromatic carbocycles. The van der Waals surface area contributed by atoms with Crippen molar-refractivity contribution in [2.75, 3.05) is 0 Å². The van der Waals surface area contributed by atoms with Crippen molar-refractivity contribution in [3.63, 3.8) is 0 Å². The zero-order valence-electron chi connectivity index (χ0n) is 13.3. The molecule has 0 unspecified atom stereocenters. The highest BCUT2D eigenvalue weighted by molar-refractivity contribution is 5.74. The minimum Gasteiger partial charge on any atom is -0.355 e. The van der Waals surface area contributed by atoms with Gasteiger partial charge in [0.25, 0.3) is 5.56 Å². The van der Waals surface area contributed by atoms with E-state index in [1.807, 2.05) is 12.1 Å². The Morgan fingerprint density at radius 1 is 0.800 bits per heavy atom. The van der Waals surface area contributed by atoms with Crippen LogP contribution in [-0.4, -0.2) is 24.1 Å². The number of hydrogen-bond donors (Lipinski definition) is 1. The summed E-state index contributed by atoms with van der Waals surface area (Å²) in [4.78, 5) is 36.6. The van der Waals surface area contributed by atoms with Gasteiger partial charge in [-0.25, -0.2) is 4.79 Å². The lowest BCUT2D eigenvalue weighted by Gasteiger charge is -2.12. The highest BCUT2D eigenvalue weighted by atomic mass is 16.2. The van der Waals surface area contributed by atoms with Crippen molar-refractivity contribution < 1.29 is 0 Å². The van der Waals surface area contributed by atoms with Gasteiger partial charge in [-0.1, -0.05) is 0 Å². The van der Waals surface area contributed by atoms with Gasteiger partial charge in [-0.3, -0.25) is 23.9 Å². The molecule has 0 amide bonds. The molecule has 0 fully saturated rings. The van der Waals surface area contributed by atoms with Gasteiger partial charge in [0, 0.05) is 31.0 Å². The lowest BCUT2D eigenvalue weighted by Crippen LogP contribution is -2.40. The van der Waals surface area contributed by atoms with E-state index >= 15 is 0 Å². The van der Waals surface area contributed by atoms with E-state index in [9.17, 15) is 9.59 Å². The van der Waals surface area contributed by atoms with Crippen LogP contribution in [0.15, 0.2) is 70.9 Å². The third kappa shape index (κ3) is 2.76. The molecule has 4 rings (SSSR count). The van der Waals surface area contributed by atoms with E-state index in [1.54, 1.807) is 53.8 Å². The zero-order valence-corrected chi connectivity index (χ0v) is 13.3. The maximum absolute atomic E-state index is 13.0. The van der Waals surface area contributed by atoms with E-state index in [2.05, 4.69) is 15.0 Å². The number of H-pyrrole nitrogens is 1. The molecule has 4 heterocycles. The molecule has 0 aliphatic rings. The minimum atomic E-state index is -0.342. The molecular weight excluding hydrogens is 318 g/mol. The third-order valence-electron chi connectivity index (χ3n) is 4.12. The van der Waals surface area contributed by atoms with Gasteiger partial charge >= 0.3 is 5.69 Å². The first-order valence-electron chi connectivity index (χ1n) is 7.82. The molecule has 4 aromatic rings. The molecule has 0 aliphatic carbocycles. The second-order valence-corrected chi connectivity index (χ2v) is 5.71. The summed E-state index contributed by atoms with van der Waals surface area (Å²) < 4.78 is 2.85. The summed E-state index contributed by atoms with van der Waals surface area (Å²) in [6.45, 7) is 0.567. The first-order valence-corrected chi connectivity index (χ1v) is 7.82. The Labute approximate surface area is 142 Å². The Balaban J connectivity index is 1.89. The average molecular weight is 333 g/mol. The van der Waals surface area contributed by atoms with Crippen LogP contribution < -0.4 is 11.2 Å². The normalized spacial score (nSPS) is 11.0. The van der Waals surface area contributed by atoms with E-state index in [1.165, 1.54) is 4.57 Å². The summed E-state index contributed by atoms with van der Waals surface area (Å²) in [7, 11) is 0. The Bertz CT molecular complexity index is 1130. The van der Waals surface area contributed by atoms with Crippen LogP contribution >= 0.6 is 0 Å². The van der Waals surface area contributed by atoms with Gasteiger partial charge < -0.3 is 4.98 Å². The van der Waals surface area contributed by atoms with Crippen molar-refractivity contribution in [1.82, 2.24) is 24.1 Å². The van der Waals surface area contributed by atoms with Crippen LogP contribution in [0.2, 0.25) is 0 Å². The van der Waals surface area contributed by atoms with E-state index in [0.29, 0.717) is 17.6 Å². The summed E-state index contributed by atoms with van der Waals surface area (Å²) in [6.07, 6.45) is 8.32. The number of hydrogen-bond acceptors (Lipinski definition) is 4. The van der Waals surface area contributed by atoms with Gasteiger partial charge in [-0.05, 0) is 41.5 Å². The Morgan fingerprint density at radius 2 is 1.36 bits per heavy atom. The molecule has 7 heteroatoms. The van der Waals surface area contributed by atoms with E-state index in [-0.39, 0.29) is 17.8 Å². The van der Waals surface area contributed by atoms with Crippen LogP contribution in [-0.2, 0) is 13.1 Å². The smallest absolute Gasteiger partial charge is 0.332 e. The van der Waals surface area contributed by atoms with E-state index in [0.717, 1.165) is 11.1 Å². The molecule has 0 radical (unpaired) electrons. The summed E-state index contributed by atoms with van der Waals surface area (Å²) in [5, 5.41) is 0. The lowest BCUT2D eigenvalue weighted by molar-refractivity contribution is 0.634. The summed E-state index contributed by atoms with van der Waals surface area (Å²) in [6, 6.07) is 9.03.